The molecule has 0 bridgehead atoms. The first kappa shape index (κ1) is 16.9. The highest BCUT2D eigenvalue weighted by molar-refractivity contribution is 9.10. The van der Waals surface area contributed by atoms with Crippen molar-refractivity contribution in [2.75, 3.05) is 5.75 Å². The number of halogens is 1. The van der Waals surface area contributed by atoms with E-state index in [1.807, 2.05) is 6.92 Å². The molecule has 1 saturated carbocycles. The molecule has 1 aromatic rings. The highest BCUT2D eigenvalue weighted by Crippen LogP contribution is 2.32. The second kappa shape index (κ2) is 6.72. The van der Waals surface area contributed by atoms with Gasteiger partial charge in [-0.15, -0.1) is 0 Å². The quantitative estimate of drug-likeness (QED) is 0.765. The van der Waals surface area contributed by atoms with E-state index in [9.17, 15) is 13.2 Å². The number of furan rings is 1. The van der Waals surface area contributed by atoms with Crippen molar-refractivity contribution in [2.24, 2.45) is 0 Å². The minimum atomic E-state index is -3.81. The molecule has 0 amide bonds. The summed E-state index contributed by atoms with van der Waals surface area (Å²) in [5.74, 6) is -0.785. The minimum Gasteiger partial charge on any atom is -0.475 e. The zero-order valence-corrected chi connectivity index (χ0v) is 14.6. The molecule has 1 aromatic heterocycles. The van der Waals surface area contributed by atoms with Crippen molar-refractivity contribution >= 4 is 43.7 Å². The van der Waals surface area contributed by atoms with Crippen molar-refractivity contribution in [3.8, 4) is 0 Å². The number of thioether (sulfide) groups is 1. The number of carboxylic acid groups (broad SMARTS) is 1. The van der Waals surface area contributed by atoms with Crippen molar-refractivity contribution in [1.29, 1.82) is 0 Å². The van der Waals surface area contributed by atoms with Gasteiger partial charge in [0, 0.05) is 17.4 Å². The number of rotatable bonds is 6. The number of carbonyl (C=O) groups is 1. The van der Waals surface area contributed by atoms with Gasteiger partial charge < -0.3 is 9.52 Å². The van der Waals surface area contributed by atoms with Gasteiger partial charge in [-0.05, 0) is 34.5 Å². The Hall–Kier alpha value is -0.510. The van der Waals surface area contributed by atoms with Crippen LogP contribution in [0, 0.1) is 0 Å². The van der Waals surface area contributed by atoms with Crippen molar-refractivity contribution in [3.05, 3.63) is 16.5 Å². The van der Waals surface area contributed by atoms with Crippen LogP contribution in [0.15, 0.2) is 20.0 Å². The van der Waals surface area contributed by atoms with E-state index in [4.69, 9.17) is 9.52 Å². The Bertz CT molecular complexity index is 628. The first-order valence-corrected chi connectivity index (χ1v) is 9.84. The molecule has 1 heterocycles. The number of hydrogen-bond donors (Lipinski definition) is 2. The van der Waals surface area contributed by atoms with Gasteiger partial charge in [0.2, 0.25) is 15.8 Å². The molecule has 0 spiro atoms. The van der Waals surface area contributed by atoms with Crippen molar-refractivity contribution in [1.82, 2.24) is 4.72 Å². The van der Waals surface area contributed by atoms with Crippen LogP contribution in [-0.2, 0) is 10.0 Å². The number of sulfonamides is 1. The van der Waals surface area contributed by atoms with Gasteiger partial charge in [0.1, 0.15) is 4.90 Å². The van der Waals surface area contributed by atoms with Gasteiger partial charge in [0.15, 0.2) is 4.67 Å². The molecule has 0 aliphatic heterocycles. The van der Waals surface area contributed by atoms with Crippen LogP contribution in [0.4, 0.5) is 0 Å². The van der Waals surface area contributed by atoms with E-state index in [0.717, 1.165) is 31.1 Å². The topological polar surface area (TPSA) is 96.6 Å². The van der Waals surface area contributed by atoms with Crippen LogP contribution in [0.5, 0.6) is 0 Å². The van der Waals surface area contributed by atoms with E-state index in [0.29, 0.717) is 0 Å². The zero-order valence-electron chi connectivity index (χ0n) is 11.3. The van der Waals surface area contributed by atoms with E-state index in [1.54, 1.807) is 11.8 Å². The molecule has 1 fully saturated rings. The highest BCUT2D eigenvalue weighted by Gasteiger charge is 2.33. The van der Waals surface area contributed by atoms with Crippen LogP contribution in [0.1, 0.15) is 36.7 Å². The molecule has 0 saturated heterocycles. The summed E-state index contributed by atoms with van der Waals surface area (Å²) in [6.07, 6.45) is 2.76. The molecule has 1 aliphatic carbocycles. The fourth-order valence-electron chi connectivity index (χ4n) is 2.38. The number of carboxylic acids is 1. The number of aromatic carboxylic acids is 1. The minimum absolute atomic E-state index is 0.0925. The van der Waals surface area contributed by atoms with Crippen LogP contribution in [-0.4, -0.2) is 36.5 Å². The largest absolute Gasteiger partial charge is 0.475 e. The van der Waals surface area contributed by atoms with Gasteiger partial charge in [-0.3, -0.25) is 0 Å². The maximum Gasteiger partial charge on any atom is 0.371 e. The van der Waals surface area contributed by atoms with Crippen molar-refractivity contribution in [3.63, 3.8) is 0 Å². The van der Waals surface area contributed by atoms with Crippen LogP contribution in [0.2, 0.25) is 0 Å². The fourth-order valence-corrected chi connectivity index (χ4v) is 5.91. The summed E-state index contributed by atoms with van der Waals surface area (Å²) in [7, 11) is -3.81. The SMILES string of the molecule is CCSC1CCCC1NS(=O)(=O)c1cc(C(=O)O)oc1Br. The average molecular weight is 398 g/mol. The maximum atomic E-state index is 12.4. The fraction of sp³-hybridized carbons (Fsp3) is 0.583. The van der Waals surface area contributed by atoms with Gasteiger partial charge in [-0.1, -0.05) is 13.3 Å². The summed E-state index contributed by atoms with van der Waals surface area (Å²) in [4.78, 5) is 10.7. The molecule has 9 heteroatoms. The summed E-state index contributed by atoms with van der Waals surface area (Å²) in [6.45, 7) is 2.04. The first-order chi connectivity index (χ1) is 9.85. The molecule has 118 valence electrons. The van der Waals surface area contributed by atoms with Gasteiger partial charge >= 0.3 is 5.97 Å². The molecule has 6 nitrogen and oxygen atoms in total. The summed E-state index contributed by atoms with van der Waals surface area (Å²) in [5.41, 5.74) is 0. The highest BCUT2D eigenvalue weighted by atomic mass is 79.9. The van der Waals surface area contributed by atoms with Crippen LogP contribution < -0.4 is 4.72 Å². The van der Waals surface area contributed by atoms with Crippen LogP contribution >= 0.6 is 27.7 Å². The molecular weight excluding hydrogens is 382 g/mol. The van der Waals surface area contributed by atoms with E-state index in [-0.39, 0.29) is 20.9 Å². The molecular formula is C12H16BrNO5S2. The summed E-state index contributed by atoms with van der Waals surface area (Å²) >= 11 is 4.70. The molecule has 2 atom stereocenters. The van der Waals surface area contributed by atoms with E-state index < -0.39 is 21.8 Å². The Morgan fingerprint density at radius 3 is 2.86 bits per heavy atom. The Kier molecular flexibility index (Phi) is 5.39. The third kappa shape index (κ3) is 3.82. The standard InChI is InChI=1S/C12H16BrNO5S2/c1-2-20-9-5-3-4-7(9)14-21(17,18)10-6-8(12(15)16)19-11(10)13/h6-7,9,14H,2-5H2,1H3,(H,15,16). The summed E-state index contributed by atoms with van der Waals surface area (Å²) in [6, 6.07) is 0.890. The zero-order chi connectivity index (χ0) is 15.6. The lowest BCUT2D eigenvalue weighted by atomic mass is 10.3. The lowest BCUT2D eigenvalue weighted by Gasteiger charge is -2.19. The normalized spacial score (nSPS) is 22.6. The molecule has 2 rings (SSSR count). The van der Waals surface area contributed by atoms with Gasteiger partial charge in [0.25, 0.3) is 0 Å². The smallest absolute Gasteiger partial charge is 0.371 e. The molecule has 1 aliphatic rings. The van der Waals surface area contributed by atoms with E-state index >= 15 is 0 Å². The molecule has 0 aromatic carbocycles. The Morgan fingerprint density at radius 1 is 1.57 bits per heavy atom. The lowest BCUT2D eigenvalue weighted by molar-refractivity contribution is 0.0661. The van der Waals surface area contributed by atoms with E-state index in [1.165, 1.54) is 0 Å². The van der Waals surface area contributed by atoms with Crippen molar-refractivity contribution < 1.29 is 22.7 Å². The second-order valence-electron chi connectivity index (χ2n) is 4.71. The monoisotopic (exact) mass is 397 g/mol. The summed E-state index contributed by atoms with van der Waals surface area (Å²) < 4.78 is 32.3. The van der Waals surface area contributed by atoms with Crippen LogP contribution in [0.3, 0.4) is 0 Å². The molecule has 2 unspecified atom stereocenters. The van der Waals surface area contributed by atoms with Gasteiger partial charge in [-0.2, -0.15) is 11.8 Å². The Labute approximate surface area is 135 Å². The predicted octanol–water partition coefficient (Wildman–Crippen LogP) is 2.69. The second-order valence-corrected chi connectivity index (χ2v) is 8.63. The Morgan fingerprint density at radius 2 is 2.29 bits per heavy atom. The van der Waals surface area contributed by atoms with E-state index in [2.05, 4.69) is 20.7 Å². The average Bonchev–Trinajstić information content (AvgIpc) is 2.97. The van der Waals surface area contributed by atoms with Crippen LogP contribution in [0.25, 0.3) is 0 Å². The molecule has 0 radical (unpaired) electrons. The molecule has 2 N–H and O–H groups in total. The summed E-state index contributed by atoms with van der Waals surface area (Å²) in [5, 5.41) is 9.11. The third-order valence-electron chi connectivity index (χ3n) is 3.30. The first-order valence-electron chi connectivity index (χ1n) is 6.51. The molecule has 21 heavy (non-hydrogen) atoms. The van der Waals surface area contributed by atoms with Gasteiger partial charge in [0.05, 0.1) is 0 Å². The maximum absolute atomic E-state index is 12.4. The number of nitrogens with one attached hydrogen (secondary N) is 1. The van der Waals surface area contributed by atoms with Crippen molar-refractivity contribution in [2.45, 2.75) is 42.4 Å². The lowest BCUT2D eigenvalue weighted by Crippen LogP contribution is -2.38. The predicted molar refractivity (Wildman–Crippen MR) is 83.2 cm³/mol. The Balaban J connectivity index is 2.20. The number of hydrogen-bond acceptors (Lipinski definition) is 5. The third-order valence-corrected chi connectivity index (χ3v) is 6.97. The van der Waals surface area contributed by atoms with Gasteiger partial charge in [-0.25, -0.2) is 17.9 Å².